The number of benzene rings is 1. The molecule has 2 N–H and O–H groups in total. The van der Waals surface area contributed by atoms with Gasteiger partial charge < -0.3 is 10.5 Å². The van der Waals surface area contributed by atoms with Crippen molar-refractivity contribution in [1.29, 1.82) is 0 Å². The van der Waals surface area contributed by atoms with Crippen molar-refractivity contribution in [2.24, 2.45) is 5.73 Å². The van der Waals surface area contributed by atoms with Gasteiger partial charge in [0.2, 0.25) is 0 Å². The predicted octanol–water partition coefficient (Wildman–Crippen LogP) is 3.61. The van der Waals surface area contributed by atoms with Gasteiger partial charge in [0.1, 0.15) is 17.4 Å². The summed E-state index contributed by atoms with van der Waals surface area (Å²) < 4.78 is 5.79. The summed E-state index contributed by atoms with van der Waals surface area (Å²) in [5, 5.41) is 0.978. The van der Waals surface area contributed by atoms with E-state index >= 15 is 0 Å². The maximum atomic E-state index is 5.90. The Kier molecular flexibility index (Phi) is 4.56. The zero-order valence-corrected chi connectivity index (χ0v) is 12.5. The fourth-order valence-electron chi connectivity index (χ4n) is 1.95. The minimum Gasteiger partial charge on any atom is -0.486 e. The molecule has 1 heterocycles. The molecule has 2 rings (SSSR count). The average Bonchev–Trinajstić information content (AvgIpc) is 2.78. The molecule has 0 spiro atoms. The van der Waals surface area contributed by atoms with Crippen LogP contribution in [0.5, 0.6) is 5.75 Å². The smallest absolute Gasteiger partial charge is 0.140 e. The summed E-state index contributed by atoms with van der Waals surface area (Å²) in [4.78, 5) is 5.64. The molecule has 0 saturated carbocycles. The van der Waals surface area contributed by atoms with Gasteiger partial charge in [-0.05, 0) is 38.0 Å². The molecule has 2 aromatic rings. The molecule has 1 aromatic heterocycles. The van der Waals surface area contributed by atoms with Gasteiger partial charge in [0.05, 0.1) is 5.69 Å². The number of nitrogens with zero attached hydrogens (tertiary/aromatic N) is 1. The molecule has 0 aliphatic heterocycles. The van der Waals surface area contributed by atoms with Gasteiger partial charge in [-0.2, -0.15) is 0 Å². The Labute approximate surface area is 118 Å². The van der Waals surface area contributed by atoms with Crippen LogP contribution in [0.2, 0.25) is 0 Å². The number of aromatic nitrogens is 1. The number of rotatable bonds is 5. The second kappa shape index (κ2) is 6.17. The molecule has 0 saturated heterocycles. The minimum absolute atomic E-state index is 0.0367. The van der Waals surface area contributed by atoms with Crippen molar-refractivity contribution in [2.75, 3.05) is 0 Å². The topological polar surface area (TPSA) is 48.1 Å². The summed E-state index contributed by atoms with van der Waals surface area (Å²) in [5.74, 6) is 0.898. The third kappa shape index (κ3) is 3.55. The summed E-state index contributed by atoms with van der Waals surface area (Å²) in [7, 11) is 0. The van der Waals surface area contributed by atoms with E-state index in [2.05, 4.69) is 24.0 Å². The van der Waals surface area contributed by atoms with E-state index in [9.17, 15) is 0 Å². The lowest BCUT2D eigenvalue weighted by Gasteiger charge is -2.05. The number of hydrogen-bond acceptors (Lipinski definition) is 4. The first-order valence-electron chi connectivity index (χ1n) is 6.53. The number of thiazole rings is 1. The monoisotopic (exact) mass is 276 g/mol. The third-order valence-electron chi connectivity index (χ3n) is 2.96. The van der Waals surface area contributed by atoms with E-state index in [4.69, 9.17) is 10.5 Å². The van der Waals surface area contributed by atoms with Crippen LogP contribution < -0.4 is 10.5 Å². The second-order valence-electron chi connectivity index (χ2n) is 4.64. The Hall–Kier alpha value is -1.39. The zero-order chi connectivity index (χ0) is 13.8. The van der Waals surface area contributed by atoms with Crippen LogP contribution in [0, 0.1) is 6.92 Å². The molecule has 0 aliphatic carbocycles. The van der Waals surface area contributed by atoms with Crippen LogP contribution in [0.25, 0.3) is 0 Å². The lowest BCUT2D eigenvalue weighted by molar-refractivity contribution is 0.305. The summed E-state index contributed by atoms with van der Waals surface area (Å²) in [6.45, 7) is 6.62. The van der Waals surface area contributed by atoms with E-state index in [0.717, 1.165) is 27.7 Å². The number of ether oxygens (including phenoxy) is 1. The Morgan fingerprint density at radius 3 is 2.84 bits per heavy atom. The largest absolute Gasteiger partial charge is 0.486 e. The van der Waals surface area contributed by atoms with Gasteiger partial charge >= 0.3 is 0 Å². The lowest BCUT2D eigenvalue weighted by atomic mass is 10.2. The fraction of sp³-hybridized carbons (Fsp3) is 0.400. The van der Waals surface area contributed by atoms with Crippen molar-refractivity contribution in [3.8, 4) is 5.75 Å². The van der Waals surface area contributed by atoms with Crippen LogP contribution in [0.4, 0.5) is 0 Å². The molecule has 0 fully saturated rings. The highest BCUT2D eigenvalue weighted by Crippen LogP contribution is 2.24. The molecular weight excluding hydrogens is 256 g/mol. The standard InChI is InChI=1S/C15H20N2OS/c1-4-12-6-5-7-13(8-12)18-9-14-17-11(3)15(19-14)10(2)16/h5-8,10H,4,9,16H2,1-3H3. The predicted molar refractivity (Wildman–Crippen MR) is 79.6 cm³/mol. The highest BCUT2D eigenvalue weighted by Gasteiger charge is 2.11. The van der Waals surface area contributed by atoms with Crippen LogP contribution in [0.15, 0.2) is 24.3 Å². The number of hydrogen-bond donors (Lipinski definition) is 1. The zero-order valence-electron chi connectivity index (χ0n) is 11.6. The molecule has 0 aliphatic rings. The van der Waals surface area contributed by atoms with Gasteiger partial charge in [-0.1, -0.05) is 19.1 Å². The van der Waals surface area contributed by atoms with Crippen LogP contribution in [-0.4, -0.2) is 4.98 Å². The lowest BCUT2D eigenvalue weighted by Crippen LogP contribution is -2.03. The highest BCUT2D eigenvalue weighted by molar-refractivity contribution is 7.11. The molecule has 102 valence electrons. The SMILES string of the molecule is CCc1cccc(OCc2nc(C)c(C(C)N)s2)c1. The average molecular weight is 276 g/mol. The number of aryl methyl sites for hydroxylation is 2. The van der Waals surface area contributed by atoms with Crippen molar-refractivity contribution in [3.63, 3.8) is 0 Å². The normalized spacial score (nSPS) is 12.4. The van der Waals surface area contributed by atoms with Crippen LogP contribution in [-0.2, 0) is 13.0 Å². The Bertz CT molecular complexity index is 549. The molecular formula is C15H20N2OS. The maximum absolute atomic E-state index is 5.90. The van der Waals surface area contributed by atoms with Gasteiger partial charge in [-0.3, -0.25) is 0 Å². The van der Waals surface area contributed by atoms with Crippen molar-refractivity contribution >= 4 is 11.3 Å². The first-order chi connectivity index (χ1) is 9.10. The summed E-state index contributed by atoms with van der Waals surface area (Å²) in [6.07, 6.45) is 1.02. The molecule has 0 amide bonds. The summed E-state index contributed by atoms with van der Waals surface area (Å²) in [6, 6.07) is 8.22. The molecule has 0 radical (unpaired) electrons. The van der Waals surface area contributed by atoms with Crippen LogP contribution >= 0.6 is 11.3 Å². The van der Waals surface area contributed by atoms with Gasteiger partial charge in [0.15, 0.2) is 0 Å². The first kappa shape index (κ1) is 14.0. The quantitative estimate of drug-likeness (QED) is 0.907. The maximum Gasteiger partial charge on any atom is 0.140 e. The second-order valence-corrected chi connectivity index (χ2v) is 5.75. The van der Waals surface area contributed by atoms with Gasteiger partial charge in [-0.15, -0.1) is 11.3 Å². The molecule has 1 aromatic carbocycles. The Balaban J connectivity index is 2.04. The van der Waals surface area contributed by atoms with Gasteiger partial charge in [0, 0.05) is 10.9 Å². The summed E-state index contributed by atoms with van der Waals surface area (Å²) >= 11 is 1.64. The molecule has 1 unspecified atom stereocenters. The first-order valence-corrected chi connectivity index (χ1v) is 7.35. The van der Waals surface area contributed by atoms with E-state index in [0.29, 0.717) is 6.61 Å². The highest BCUT2D eigenvalue weighted by atomic mass is 32.1. The van der Waals surface area contributed by atoms with Crippen molar-refractivity contribution < 1.29 is 4.74 Å². The van der Waals surface area contributed by atoms with E-state index in [1.54, 1.807) is 11.3 Å². The van der Waals surface area contributed by atoms with Crippen LogP contribution in [0.1, 0.15) is 41.0 Å². The molecule has 4 heteroatoms. The Morgan fingerprint density at radius 1 is 1.42 bits per heavy atom. The summed E-state index contributed by atoms with van der Waals surface area (Å²) in [5.41, 5.74) is 8.20. The molecule has 0 bridgehead atoms. The molecule has 3 nitrogen and oxygen atoms in total. The van der Waals surface area contributed by atoms with E-state index in [1.807, 2.05) is 26.0 Å². The minimum atomic E-state index is 0.0367. The van der Waals surface area contributed by atoms with Gasteiger partial charge in [0.25, 0.3) is 0 Å². The number of nitrogens with two attached hydrogens (primary N) is 1. The van der Waals surface area contributed by atoms with E-state index in [-0.39, 0.29) is 6.04 Å². The van der Waals surface area contributed by atoms with Crippen molar-refractivity contribution in [2.45, 2.75) is 39.8 Å². The van der Waals surface area contributed by atoms with E-state index < -0.39 is 0 Å². The molecule has 1 atom stereocenters. The third-order valence-corrected chi connectivity index (χ3v) is 4.29. The van der Waals surface area contributed by atoms with Crippen molar-refractivity contribution in [3.05, 3.63) is 45.4 Å². The molecule has 19 heavy (non-hydrogen) atoms. The van der Waals surface area contributed by atoms with Crippen LogP contribution in [0.3, 0.4) is 0 Å². The van der Waals surface area contributed by atoms with Crippen molar-refractivity contribution in [1.82, 2.24) is 4.98 Å². The van der Waals surface area contributed by atoms with E-state index in [1.165, 1.54) is 5.56 Å². The Morgan fingerprint density at radius 2 is 2.21 bits per heavy atom. The van der Waals surface area contributed by atoms with Gasteiger partial charge in [-0.25, -0.2) is 4.98 Å². The fourth-order valence-corrected chi connectivity index (χ4v) is 2.88.